The van der Waals surface area contributed by atoms with Crippen LogP contribution in [-0.4, -0.2) is 20.0 Å². The first-order chi connectivity index (χ1) is 10.6. The van der Waals surface area contributed by atoms with Gasteiger partial charge in [-0.05, 0) is 61.3 Å². The van der Waals surface area contributed by atoms with Crippen LogP contribution in [0.5, 0.6) is 0 Å². The minimum Gasteiger partial charge on any atom is -0.299 e. The van der Waals surface area contributed by atoms with E-state index in [0.29, 0.717) is 24.4 Å². The Morgan fingerprint density at radius 2 is 1.91 bits per heavy atom. The first-order valence-corrected chi connectivity index (χ1v) is 9.84. The summed E-state index contributed by atoms with van der Waals surface area (Å²) < 4.78 is 28.1. The van der Waals surface area contributed by atoms with E-state index >= 15 is 0 Å². The molecule has 2 saturated carbocycles. The Morgan fingerprint density at radius 3 is 2.43 bits per heavy atom. The van der Waals surface area contributed by atoms with E-state index in [9.17, 15) is 13.2 Å². The second-order valence-electron chi connectivity index (χ2n) is 7.83. The van der Waals surface area contributed by atoms with Gasteiger partial charge in [-0.2, -0.15) is 0 Å². The van der Waals surface area contributed by atoms with Crippen LogP contribution in [0.1, 0.15) is 44.2 Å². The number of carbonyl (C=O) groups is 1. The highest BCUT2D eigenvalue weighted by Crippen LogP contribution is 2.64. The summed E-state index contributed by atoms with van der Waals surface area (Å²) in [6.07, 6.45) is 2.18. The molecule has 5 heteroatoms. The Morgan fingerprint density at radius 1 is 1.22 bits per heavy atom. The minimum absolute atomic E-state index is 0.102. The van der Waals surface area contributed by atoms with E-state index < -0.39 is 15.4 Å². The standard InChI is InChI=1S/C18H25NO3S/c1-12-5-6-15(9-13(12)2)19-23(21,22)11-18-8-7-14(10-16(18)20)17(18,3)4/h5-6,9,14,19H,7-8,10-11H2,1-4H3. The first kappa shape index (κ1) is 16.5. The highest BCUT2D eigenvalue weighted by atomic mass is 32.2. The molecule has 2 bridgehead atoms. The molecule has 0 amide bonds. The van der Waals surface area contributed by atoms with Crippen molar-refractivity contribution in [2.24, 2.45) is 16.7 Å². The van der Waals surface area contributed by atoms with Crippen LogP contribution in [0.4, 0.5) is 5.69 Å². The zero-order valence-electron chi connectivity index (χ0n) is 14.3. The lowest BCUT2D eigenvalue weighted by Crippen LogP contribution is -2.43. The molecule has 2 aliphatic carbocycles. The van der Waals surface area contributed by atoms with Gasteiger partial charge in [0, 0.05) is 12.1 Å². The molecule has 2 aliphatic rings. The zero-order chi connectivity index (χ0) is 17.0. The van der Waals surface area contributed by atoms with Gasteiger partial charge >= 0.3 is 0 Å². The van der Waals surface area contributed by atoms with Crippen LogP contribution in [0, 0.1) is 30.6 Å². The number of nitrogens with one attached hydrogen (secondary N) is 1. The highest BCUT2D eigenvalue weighted by Gasteiger charge is 2.65. The molecule has 2 fully saturated rings. The van der Waals surface area contributed by atoms with Crippen molar-refractivity contribution in [3.8, 4) is 0 Å². The summed E-state index contributed by atoms with van der Waals surface area (Å²) in [5.74, 6) is 0.353. The van der Waals surface area contributed by atoms with Gasteiger partial charge < -0.3 is 0 Å². The van der Waals surface area contributed by atoms with Gasteiger partial charge in [0.25, 0.3) is 0 Å². The second-order valence-corrected chi connectivity index (χ2v) is 9.55. The number of anilines is 1. The van der Waals surface area contributed by atoms with Crippen molar-refractivity contribution in [2.45, 2.75) is 47.0 Å². The number of ketones is 1. The Balaban J connectivity index is 1.86. The largest absolute Gasteiger partial charge is 0.299 e. The van der Waals surface area contributed by atoms with E-state index in [1.807, 2.05) is 26.0 Å². The SMILES string of the molecule is Cc1ccc(NS(=O)(=O)CC23CCC(CC2=O)C3(C)C)cc1C. The fourth-order valence-electron chi connectivity index (χ4n) is 4.45. The van der Waals surface area contributed by atoms with E-state index in [0.717, 1.165) is 17.5 Å². The number of hydrogen-bond acceptors (Lipinski definition) is 3. The summed E-state index contributed by atoms with van der Waals surface area (Å²) in [5.41, 5.74) is 1.78. The van der Waals surface area contributed by atoms with Crippen LogP contribution in [0.25, 0.3) is 0 Å². The van der Waals surface area contributed by atoms with Crippen molar-refractivity contribution in [1.82, 2.24) is 0 Å². The zero-order valence-corrected chi connectivity index (χ0v) is 15.1. The van der Waals surface area contributed by atoms with E-state index in [2.05, 4.69) is 18.6 Å². The lowest BCUT2D eigenvalue weighted by molar-refractivity contribution is -0.128. The molecule has 1 N–H and O–H groups in total. The van der Waals surface area contributed by atoms with Crippen LogP contribution in [-0.2, 0) is 14.8 Å². The normalized spacial score (nSPS) is 29.0. The number of rotatable bonds is 4. The number of carbonyl (C=O) groups excluding carboxylic acids is 1. The third-order valence-electron chi connectivity index (χ3n) is 6.36. The van der Waals surface area contributed by atoms with Crippen LogP contribution in [0.15, 0.2) is 18.2 Å². The fraction of sp³-hybridized carbons (Fsp3) is 0.611. The van der Waals surface area contributed by atoms with Gasteiger partial charge in [0.2, 0.25) is 10.0 Å². The maximum atomic E-state index is 12.7. The lowest BCUT2D eigenvalue weighted by atomic mass is 9.70. The average molecular weight is 335 g/mol. The van der Waals surface area contributed by atoms with Gasteiger partial charge in [-0.3, -0.25) is 9.52 Å². The number of sulfonamides is 1. The molecule has 0 aromatic heterocycles. The summed E-state index contributed by atoms with van der Waals surface area (Å²) in [7, 11) is -3.57. The van der Waals surface area contributed by atoms with Gasteiger partial charge in [0.15, 0.2) is 0 Å². The Kier molecular flexibility index (Phi) is 3.63. The molecule has 3 rings (SSSR count). The third kappa shape index (κ3) is 2.49. The summed E-state index contributed by atoms with van der Waals surface area (Å²) in [6, 6.07) is 5.52. The molecule has 0 heterocycles. The topological polar surface area (TPSA) is 63.2 Å². The number of fused-ring (bicyclic) bond motifs is 2. The third-order valence-corrected chi connectivity index (χ3v) is 7.78. The van der Waals surface area contributed by atoms with E-state index in [1.54, 1.807) is 6.07 Å². The number of benzene rings is 1. The first-order valence-electron chi connectivity index (χ1n) is 8.18. The average Bonchev–Trinajstić information content (AvgIpc) is 2.76. The smallest absolute Gasteiger partial charge is 0.233 e. The summed E-state index contributed by atoms with van der Waals surface area (Å²) in [6.45, 7) is 8.06. The minimum atomic E-state index is -3.57. The molecule has 0 radical (unpaired) electrons. The van der Waals surface area contributed by atoms with Crippen molar-refractivity contribution in [1.29, 1.82) is 0 Å². The fourth-order valence-corrected chi connectivity index (χ4v) is 6.34. The predicted molar refractivity (Wildman–Crippen MR) is 91.9 cm³/mol. The summed E-state index contributed by atoms with van der Waals surface area (Å²) in [4.78, 5) is 12.5. The van der Waals surface area contributed by atoms with Crippen molar-refractivity contribution >= 4 is 21.5 Å². The molecular formula is C18H25NO3S. The lowest BCUT2D eigenvalue weighted by Gasteiger charge is -2.36. The highest BCUT2D eigenvalue weighted by molar-refractivity contribution is 7.92. The predicted octanol–water partition coefficient (Wildman–Crippen LogP) is 3.44. The van der Waals surface area contributed by atoms with Gasteiger partial charge in [-0.25, -0.2) is 8.42 Å². The Labute approximate surface area is 138 Å². The molecule has 2 atom stereocenters. The Hall–Kier alpha value is -1.36. The van der Waals surface area contributed by atoms with E-state index in [1.165, 1.54) is 0 Å². The molecule has 1 aromatic carbocycles. The molecular weight excluding hydrogens is 310 g/mol. The van der Waals surface area contributed by atoms with Crippen molar-refractivity contribution in [3.63, 3.8) is 0 Å². The van der Waals surface area contributed by atoms with Crippen LogP contribution >= 0.6 is 0 Å². The second kappa shape index (κ2) is 5.07. The van der Waals surface area contributed by atoms with E-state index in [4.69, 9.17) is 0 Å². The van der Waals surface area contributed by atoms with Gasteiger partial charge in [-0.1, -0.05) is 19.9 Å². The quantitative estimate of drug-likeness (QED) is 0.917. The monoisotopic (exact) mass is 335 g/mol. The summed E-state index contributed by atoms with van der Waals surface area (Å²) in [5, 5.41) is 0. The van der Waals surface area contributed by atoms with Gasteiger partial charge in [-0.15, -0.1) is 0 Å². The molecule has 126 valence electrons. The van der Waals surface area contributed by atoms with Crippen LogP contribution in [0.3, 0.4) is 0 Å². The number of Topliss-reactive ketones (excluding diaryl/α,β-unsaturated/α-hetero) is 1. The summed E-state index contributed by atoms with van der Waals surface area (Å²) >= 11 is 0. The molecule has 23 heavy (non-hydrogen) atoms. The molecule has 2 unspecified atom stereocenters. The molecule has 0 saturated heterocycles. The van der Waals surface area contributed by atoms with E-state index in [-0.39, 0.29) is 17.0 Å². The molecule has 0 aliphatic heterocycles. The maximum absolute atomic E-state index is 12.7. The van der Waals surface area contributed by atoms with Crippen LogP contribution < -0.4 is 4.72 Å². The molecule has 1 aromatic rings. The Bertz CT molecular complexity index is 766. The molecule has 0 spiro atoms. The van der Waals surface area contributed by atoms with Crippen molar-refractivity contribution in [2.75, 3.05) is 10.5 Å². The van der Waals surface area contributed by atoms with Crippen molar-refractivity contribution < 1.29 is 13.2 Å². The van der Waals surface area contributed by atoms with Crippen LogP contribution in [0.2, 0.25) is 0 Å². The molecule has 4 nitrogen and oxygen atoms in total. The van der Waals surface area contributed by atoms with Gasteiger partial charge in [0.05, 0.1) is 11.2 Å². The maximum Gasteiger partial charge on any atom is 0.233 e. The van der Waals surface area contributed by atoms with Gasteiger partial charge in [0.1, 0.15) is 5.78 Å². The van der Waals surface area contributed by atoms with Crippen molar-refractivity contribution in [3.05, 3.63) is 29.3 Å². The number of hydrogen-bond donors (Lipinski definition) is 1. The number of aryl methyl sites for hydroxylation is 2.